The molecule has 2 aromatic rings. The maximum Gasteiger partial charge on any atom is 0.315 e. The smallest absolute Gasteiger partial charge is 0.315 e. The molecule has 6 heteroatoms. The van der Waals surface area contributed by atoms with Crippen molar-refractivity contribution >= 4 is 6.03 Å². The number of rotatable bonds is 5. The quantitative estimate of drug-likeness (QED) is 0.846. The molecule has 27 heavy (non-hydrogen) atoms. The summed E-state index contributed by atoms with van der Waals surface area (Å²) in [5.41, 5.74) is 3.15. The lowest BCUT2D eigenvalue weighted by Crippen LogP contribution is -2.42. The first-order chi connectivity index (χ1) is 13.2. The highest BCUT2D eigenvalue weighted by Gasteiger charge is 2.34. The lowest BCUT2D eigenvalue weighted by molar-refractivity contribution is 0.218. The molecule has 2 N–H and O–H groups in total. The molecule has 2 aliphatic rings. The van der Waals surface area contributed by atoms with Gasteiger partial charge in [-0.1, -0.05) is 24.3 Å². The summed E-state index contributed by atoms with van der Waals surface area (Å²) in [6, 6.07) is 9.65. The number of para-hydroxylation sites is 1. The van der Waals surface area contributed by atoms with Crippen molar-refractivity contribution in [2.24, 2.45) is 5.92 Å². The Morgan fingerprint density at radius 1 is 1.26 bits per heavy atom. The van der Waals surface area contributed by atoms with Gasteiger partial charge in [0.25, 0.3) is 0 Å². The number of aryl methyl sites for hydroxylation is 1. The fraction of sp³-hybridized carbons (Fsp3) is 0.429. The van der Waals surface area contributed by atoms with E-state index in [1.165, 1.54) is 0 Å². The number of urea groups is 1. The van der Waals surface area contributed by atoms with Gasteiger partial charge in [-0.2, -0.15) is 0 Å². The Hall–Kier alpha value is -2.76. The van der Waals surface area contributed by atoms with Crippen molar-refractivity contribution in [2.75, 3.05) is 13.7 Å². The third-order valence-corrected chi connectivity index (χ3v) is 5.28. The van der Waals surface area contributed by atoms with Crippen molar-refractivity contribution in [3.8, 4) is 11.6 Å². The summed E-state index contributed by atoms with van der Waals surface area (Å²) >= 11 is 0. The summed E-state index contributed by atoms with van der Waals surface area (Å²) in [6.07, 6.45) is 4.80. The first kappa shape index (κ1) is 17.6. The van der Waals surface area contributed by atoms with Crippen molar-refractivity contribution in [1.29, 1.82) is 0 Å². The van der Waals surface area contributed by atoms with Crippen molar-refractivity contribution in [3.63, 3.8) is 0 Å². The Morgan fingerprint density at radius 2 is 2.11 bits per heavy atom. The van der Waals surface area contributed by atoms with Crippen molar-refractivity contribution in [1.82, 2.24) is 15.6 Å². The summed E-state index contributed by atoms with van der Waals surface area (Å²) in [4.78, 5) is 17.0. The minimum atomic E-state index is -0.151. The van der Waals surface area contributed by atoms with E-state index in [-0.39, 0.29) is 18.1 Å². The molecule has 1 saturated carbocycles. The average molecular weight is 367 g/mol. The van der Waals surface area contributed by atoms with Gasteiger partial charge in [0.1, 0.15) is 5.75 Å². The second-order valence-corrected chi connectivity index (χ2v) is 7.25. The summed E-state index contributed by atoms with van der Waals surface area (Å²) in [6.45, 7) is 2.64. The van der Waals surface area contributed by atoms with Crippen LogP contribution < -0.4 is 20.1 Å². The van der Waals surface area contributed by atoms with Gasteiger partial charge in [-0.15, -0.1) is 0 Å². The van der Waals surface area contributed by atoms with Crippen LogP contribution in [0.25, 0.3) is 0 Å². The number of hydrogen-bond acceptors (Lipinski definition) is 4. The van der Waals surface area contributed by atoms with E-state index >= 15 is 0 Å². The molecule has 0 spiro atoms. The number of benzene rings is 1. The van der Waals surface area contributed by atoms with Crippen LogP contribution in [0, 0.1) is 12.8 Å². The predicted octanol–water partition coefficient (Wildman–Crippen LogP) is 3.67. The molecule has 1 fully saturated rings. The van der Waals surface area contributed by atoms with Crippen LogP contribution in [0.3, 0.4) is 0 Å². The van der Waals surface area contributed by atoms with Crippen LogP contribution in [0.4, 0.5) is 4.79 Å². The third kappa shape index (κ3) is 3.84. The number of pyridine rings is 1. The molecule has 4 rings (SSSR count). The summed E-state index contributed by atoms with van der Waals surface area (Å²) in [5.74, 6) is 1.94. The van der Waals surface area contributed by atoms with Gasteiger partial charge >= 0.3 is 6.03 Å². The van der Waals surface area contributed by atoms with E-state index in [1.54, 1.807) is 13.3 Å². The van der Waals surface area contributed by atoms with Crippen molar-refractivity contribution in [3.05, 3.63) is 53.2 Å². The zero-order chi connectivity index (χ0) is 18.8. The van der Waals surface area contributed by atoms with E-state index in [0.717, 1.165) is 41.7 Å². The van der Waals surface area contributed by atoms with Crippen LogP contribution in [-0.2, 0) is 0 Å². The molecule has 1 unspecified atom stereocenters. The molecule has 142 valence electrons. The van der Waals surface area contributed by atoms with Gasteiger partial charge in [0.2, 0.25) is 5.88 Å². The normalized spacial score (nSPS) is 19.4. The first-order valence-corrected chi connectivity index (χ1v) is 9.45. The van der Waals surface area contributed by atoms with Gasteiger partial charge < -0.3 is 20.1 Å². The number of methoxy groups -OCH3 is 1. The number of carbonyl (C=O) groups is 1. The second kappa shape index (κ2) is 7.47. The Morgan fingerprint density at radius 3 is 2.81 bits per heavy atom. The molecule has 2 heterocycles. The number of carbonyl (C=O) groups excluding carboxylic acids is 1. The largest absolute Gasteiger partial charge is 0.493 e. The van der Waals surface area contributed by atoms with E-state index in [4.69, 9.17) is 9.47 Å². The van der Waals surface area contributed by atoms with Crippen LogP contribution in [-0.4, -0.2) is 24.7 Å². The fourth-order valence-corrected chi connectivity index (χ4v) is 3.67. The molecule has 1 aromatic carbocycles. The highest BCUT2D eigenvalue weighted by Crippen LogP contribution is 2.41. The molecule has 1 aliphatic heterocycles. The van der Waals surface area contributed by atoms with E-state index < -0.39 is 0 Å². The Labute approximate surface area is 159 Å². The number of nitrogens with zero attached hydrogens (tertiary/aromatic N) is 1. The molecule has 0 radical (unpaired) electrons. The summed E-state index contributed by atoms with van der Waals surface area (Å²) in [5, 5.41) is 6.29. The fourth-order valence-electron chi connectivity index (χ4n) is 3.67. The van der Waals surface area contributed by atoms with Gasteiger partial charge in [-0.05, 0) is 36.8 Å². The predicted molar refractivity (Wildman–Crippen MR) is 102 cm³/mol. The monoisotopic (exact) mass is 367 g/mol. The number of ether oxygens (including phenoxy) is 2. The first-order valence-electron chi connectivity index (χ1n) is 9.45. The maximum atomic E-state index is 12.7. The zero-order valence-corrected chi connectivity index (χ0v) is 15.7. The Balaban J connectivity index is 1.46. The number of amides is 2. The number of nitrogens with one attached hydrogen (secondary N) is 2. The molecular weight excluding hydrogens is 342 g/mol. The van der Waals surface area contributed by atoms with Crippen molar-refractivity contribution in [2.45, 2.75) is 38.3 Å². The standard InChI is InChI=1S/C21H25N3O3/c1-13-4-3-5-16-17(10-11-27-20(13)16)23-21(25)24-19(14-6-7-14)15-8-9-18(26-2)22-12-15/h3-5,8-9,12,14,17,19H,6-7,10-11H2,1-2H3,(H2,23,24,25)/t17-,19?/m1/s1. The van der Waals surface area contributed by atoms with Crippen LogP contribution >= 0.6 is 0 Å². The molecular formula is C21H25N3O3. The Bertz CT molecular complexity index is 818. The van der Waals surface area contributed by atoms with E-state index in [2.05, 4.69) is 15.6 Å². The van der Waals surface area contributed by atoms with Gasteiger partial charge in [0.05, 0.1) is 25.8 Å². The summed E-state index contributed by atoms with van der Waals surface area (Å²) in [7, 11) is 1.60. The Kier molecular flexibility index (Phi) is 4.88. The topological polar surface area (TPSA) is 72.5 Å². The van der Waals surface area contributed by atoms with Gasteiger partial charge in [0.15, 0.2) is 0 Å². The van der Waals surface area contributed by atoms with Crippen LogP contribution in [0.2, 0.25) is 0 Å². The SMILES string of the molecule is COc1ccc(C(NC(=O)N[C@@H]2CCOc3c(C)cccc32)C2CC2)cn1. The third-order valence-electron chi connectivity index (χ3n) is 5.28. The lowest BCUT2D eigenvalue weighted by atomic mass is 9.98. The minimum Gasteiger partial charge on any atom is -0.493 e. The number of aromatic nitrogens is 1. The molecule has 6 nitrogen and oxygen atoms in total. The van der Waals surface area contributed by atoms with Crippen LogP contribution in [0.15, 0.2) is 36.5 Å². The lowest BCUT2D eigenvalue weighted by Gasteiger charge is -2.29. The second-order valence-electron chi connectivity index (χ2n) is 7.25. The number of fused-ring (bicyclic) bond motifs is 1. The molecule has 1 aliphatic carbocycles. The molecule has 2 amide bonds. The highest BCUT2D eigenvalue weighted by atomic mass is 16.5. The summed E-state index contributed by atoms with van der Waals surface area (Å²) < 4.78 is 10.9. The highest BCUT2D eigenvalue weighted by molar-refractivity contribution is 5.75. The van der Waals surface area contributed by atoms with Gasteiger partial charge in [0, 0.05) is 24.2 Å². The van der Waals surface area contributed by atoms with Gasteiger partial charge in [-0.3, -0.25) is 0 Å². The van der Waals surface area contributed by atoms with E-state index in [1.807, 2.05) is 37.3 Å². The van der Waals surface area contributed by atoms with Crippen LogP contribution in [0.5, 0.6) is 11.6 Å². The minimum absolute atomic E-state index is 0.0276. The maximum absolute atomic E-state index is 12.7. The average Bonchev–Trinajstić information content (AvgIpc) is 3.52. The zero-order valence-electron chi connectivity index (χ0n) is 15.7. The van der Waals surface area contributed by atoms with E-state index in [9.17, 15) is 4.79 Å². The number of hydrogen-bond donors (Lipinski definition) is 2. The molecule has 0 saturated heterocycles. The van der Waals surface area contributed by atoms with Crippen LogP contribution in [0.1, 0.15) is 48.0 Å². The van der Waals surface area contributed by atoms with E-state index in [0.29, 0.717) is 18.4 Å². The molecule has 1 aromatic heterocycles. The van der Waals surface area contributed by atoms with Crippen molar-refractivity contribution < 1.29 is 14.3 Å². The van der Waals surface area contributed by atoms with Gasteiger partial charge in [-0.25, -0.2) is 9.78 Å². The molecule has 0 bridgehead atoms. The molecule has 2 atom stereocenters.